The number of hydrogen-bond acceptors (Lipinski definition) is 4. The molecule has 4 rings (SSSR count). The molecule has 0 saturated carbocycles. The van der Waals surface area contributed by atoms with Crippen molar-refractivity contribution < 1.29 is 14.2 Å². The number of hydrogen-bond donors (Lipinski definition) is 0. The smallest absolute Gasteiger partial charge is 0.121 e. The molecule has 1 aromatic heterocycles. The van der Waals surface area contributed by atoms with Crippen molar-refractivity contribution in [2.45, 2.75) is 57.9 Å². The van der Waals surface area contributed by atoms with Crippen molar-refractivity contribution in [3.05, 3.63) is 57.3 Å². The Hall–Kier alpha value is -1.20. The van der Waals surface area contributed by atoms with Gasteiger partial charge in [-0.05, 0) is 41.5 Å². The summed E-state index contributed by atoms with van der Waals surface area (Å²) in [6.45, 7) is 5.56. The molecule has 122 valence electrons. The second kappa shape index (κ2) is 6.36. The van der Waals surface area contributed by atoms with Crippen LogP contribution in [0.5, 0.6) is 0 Å². The second-order valence-corrected chi connectivity index (χ2v) is 7.24. The zero-order valence-electron chi connectivity index (χ0n) is 13.5. The minimum atomic E-state index is -0.000133. The Labute approximate surface area is 141 Å². The van der Waals surface area contributed by atoms with E-state index < -0.39 is 0 Å². The number of rotatable bonds is 4. The number of fused-ring (bicyclic) bond motifs is 3. The molecule has 0 N–H and O–H groups in total. The minimum Gasteiger partial charge on any atom is -0.368 e. The quantitative estimate of drug-likeness (QED) is 0.832. The maximum absolute atomic E-state index is 6.29. The monoisotopic (exact) mass is 330 g/mol. The molecule has 0 unspecified atom stereocenters. The van der Waals surface area contributed by atoms with Crippen LogP contribution in [0.15, 0.2) is 35.7 Å². The van der Waals surface area contributed by atoms with Crippen LogP contribution < -0.4 is 0 Å². The van der Waals surface area contributed by atoms with Gasteiger partial charge in [-0.1, -0.05) is 31.2 Å². The van der Waals surface area contributed by atoms with Crippen LogP contribution in [0.25, 0.3) is 0 Å². The van der Waals surface area contributed by atoms with Gasteiger partial charge in [0.15, 0.2) is 0 Å². The highest BCUT2D eigenvalue weighted by Crippen LogP contribution is 2.45. The number of aryl methyl sites for hydroxylation is 1. The summed E-state index contributed by atoms with van der Waals surface area (Å²) >= 11 is 1.77. The molecule has 4 heteroatoms. The molecule has 0 aliphatic carbocycles. The molecular weight excluding hydrogens is 308 g/mol. The van der Waals surface area contributed by atoms with Gasteiger partial charge < -0.3 is 14.2 Å². The molecule has 2 aromatic rings. The Bertz CT molecular complexity index is 681. The van der Waals surface area contributed by atoms with Crippen molar-refractivity contribution >= 4 is 11.3 Å². The summed E-state index contributed by atoms with van der Waals surface area (Å²) < 4.78 is 18.7. The fourth-order valence-corrected chi connectivity index (χ4v) is 4.49. The highest BCUT2D eigenvalue weighted by Gasteiger charge is 2.49. The van der Waals surface area contributed by atoms with Crippen LogP contribution in [0.1, 0.15) is 41.0 Å². The van der Waals surface area contributed by atoms with Gasteiger partial charge in [0, 0.05) is 4.88 Å². The fraction of sp³-hybridized carbons (Fsp3) is 0.474. The summed E-state index contributed by atoms with van der Waals surface area (Å²) in [5.41, 5.74) is 3.77. The van der Waals surface area contributed by atoms with E-state index in [2.05, 4.69) is 49.6 Å². The summed E-state index contributed by atoms with van der Waals surface area (Å²) in [4.78, 5) is 1.32. The lowest BCUT2D eigenvalue weighted by molar-refractivity contribution is -0.0853. The maximum Gasteiger partial charge on any atom is 0.121 e. The number of thiophene rings is 1. The average molecular weight is 330 g/mol. The molecule has 2 aliphatic rings. The first-order valence-corrected chi connectivity index (χ1v) is 9.15. The van der Waals surface area contributed by atoms with Crippen LogP contribution in [0.4, 0.5) is 0 Å². The van der Waals surface area contributed by atoms with Crippen LogP contribution in [-0.4, -0.2) is 18.3 Å². The lowest BCUT2D eigenvalue weighted by Gasteiger charge is -2.28. The van der Waals surface area contributed by atoms with E-state index in [1.165, 1.54) is 21.6 Å². The Morgan fingerprint density at radius 3 is 2.96 bits per heavy atom. The van der Waals surface area contributed by atoms with E-state index in [1.807, 2.05) is 0 Å². The van der Waals surface area contributed by atoms with Crippen molar-refractivity contribution in [2.24, 2.45) is 0 Å². The van der Waals surface area contributed by atoms with E-state index in [1.54, 1.807) is 11.3 Å². The normalized spacial score (nSPS) is 29.3. The summed E-state index contributed by atoms with van der Waals surface area (Å²) in [5, 5.41) is 2.13. The summed E-state index contributed by atoms with van der Waals surface area (Å²) in [7, 11) is 0. The van der Waals surface area contributed by atoms with E-state index in [9.17, 15) is 0 Å². The molecule has 3 nitrogen and oxygen atoms in total. The van der Waals surface area contributed by atoms with Crippen LogP contribution in [0.3, 0.4) is 0 Å². The van der Waals surface area contributed by atoms with Gasteiger partial charge >= 0.3 is 0 Å². The van der Waals surface area contributed by atoms with Crippen LogP contribution in [-0.2, 0) is 27.4 Å². The minimum absolute atomic E-state index is 0.000133. The van der Waals surface area contributed by atoms with Crippen molar-refractivity contribution in [1.82, 2.24) is 0 Å². The molecule has 1 saturated heterocycles. The topological polar surface area (TPSA) is 27.7 Å². The van der Waals surface area contributed by atoms with E-state index in [-0.39, 0.29) is 24.4 Å². The fourth-order valence-electron chi connectivity index (χ4n) is 3.51. The van der Waals surface area contributed by atoms with E-state index >= 15 is 0 Å². The standard InChI is InChI=1S/C19H22O3S/c1-3-15-16(20-10-13-7-5-4-6-12(13)2)17-18(22-15)19-14(11-21-17)8-9-23-19/h4-9,15-18H,3,10-11H2,1-2H3/t15-,16+,17+,18+/m1/s1. The SMILES string of the molecule is CC[C@H]1O[C@@H]2c3sccc3CO[C@H]2[C@H]1OCc1ccccc1C. The molecule has 1 fully saturated rings. The van der Waals surface area contributed by atoms with Gasteiger partial charge in [-0.3, -0.25) is 0 Å². The molecular formula is C19H22O3S. The van der Waals surface area contributed by atoms with Crippen molar-refractivity contribution in [2.75, 3.05) is 0 Å². The zero-order valence-corrected chi connectivity index (χ0v) is 14.3. The first-order chi connectivity index (χ1) is 11.3. The van der Waals surface area contributed by atoms with Gasteiger partial charge in [0.05, 0.1) is 19.3 Å². The first kappa shape index (κ1) is 15.3. The van der Waals surface area contributed by atoms with Crippen LogP contribution in [0.2, 0.25) is 0 Å². The molecule has 0 bridgehead atoms. The van der Waals surface area contributed by atoms with Gasteiger partial charge in [-0.25, -0.2) is 0 Å². The highest BCUT2D eigenvalue weighted by molar-refractivity contribution is 7.10. The van der Waals surface area contributed by atoms with E-state index in [0.717, 1.165) is 6.42 Å². The third kappa shape index (κ3) is 2.74. The Morgan fingerprint density at radius 1 is 1.26 bits per heavy atom. The summed E-state index contributed by atoms with van der Waals surface area (Å²) in [6, 6.07) is 10.5. The Morgan fingerprint density at radius 2 is 2.13 bits per heavy atom. The van der Waals surface area contributed by atoms with Gasteiger partial charge in [0.25, 0.3) is 0 Å². The third-order valence-electron chi connectivity index (χ3n) is 4.88. The molecule has 0 radical (unpaired) electrons. The van der Waals surface area contributed by atoms with Crippen LogP contribution >= 0.6 is 11.3 Å². The first-order valence-electron chi connectivity index (χ1n) is 8.27. The van der Waals surface area contributed by atoms with Gasteiger partial charge in [-0.2, -0.15) is 0 Å². The Balaban J connectivity index is 1.53. The van der Waals surface area contributed by atoms with Crippen molar-refractivity contribution in [3.8, 4) is 0 Å². The molecule has 3 heterocycles. The van der Waals surface area contributed by atoms with Gasteiger partial charge in [-0.15, -0.1) is 11.3 Å². The largest absolute Gasteiger partial charge is 0.368 e. The Kier molecular flexibility index (Phi) is 4.24. The summed E-state index contributed by atoms with van der Waals surface area (Å²) in [6.07, 6.45) is 1.08. The number of benzene rings is 1. The van der Waals surface area contributed by atoms with Crippen molar-refractivity contribution in [3.63, 3.8) is 0 Å². The predicted octanol–water partition coefficient (Wildman–Crippen LogP) is 4.39. The molecule has 4 atom stereocenters. The molecule has 0 amide bonds. The number of ether oxygens (including phenoxy) is 3. The zero-order chi connectivity index (χ0) is 15.8. The lowest BCUT2D eigenvalue weighted by atomic mass is 10.0. The summed E-state index contributed by atoms with van der Waals surface area (Å²) in [5.74, 6) is 0. The van der Waals surface area contributed by atoms with Crippen LogP contribution in [0, 0.1) is 6.92 Å². The lowest BCUT2D eigenvalue weighted by Crippen LogP contribution is -2.36. The molecule has 23 heavy (non-hydrogen) atoms. The van der Waals surface area contributed by atoms with Crippen molar-refractivity contribution in [1.29, 1.82) is 0 Å². The highest BCUT2D eigenvalue weighted by atomic mass is 32.1. The maximum atomic E-state index is 6.29. The molecule has 2 aliphatic heterocycles. The average Bonchev–Trinajstić information content (AvgIpc) is 3.17. The second-order valence-electron chi connectivity index (χ2n) is 6.29. The predicted molar refractivity (Wildman–Crippen MR) is 90.6 cm³/mol. The van der Waals surface area contributed by atoms with E-state index in [4.69, 9.17) is 14.2 Å². The molecule has 0 spiro atoms. The van der Waals surface area contributed by atoms with Gasteiger partial charge in [0.2, 0.25) is 0 Å². The van der Waals surface area contributed by atoms with E-state index in [0.29, 0.717) is 13.2 Å². The molecule has 1 aromatic carbocycles. The third-order valence-corrected chi connectivity index (χ3v) is 5.90. The van der Waals surface area contributed by atoms with Gasteiger partial charge in [0.1, 0.15) is 18.3 Å².